The number of fused-ring (bicyclic) bond motifs is 1. The number of amides is 2. The van der Waals surface area contributed by atoms with Gasteiger partial charge in [-0.25, -0.2) is 4.68 Å². The second-order valence-electron chi connectivity index (χ2n) is 7.16. The lowest BCUT2D eigenvalue weighted by atomic mass is 9.96. The second-order valence-corrected chi connectivity index (χ2v) is 9.50. The van der Waals surface area contributed by atoms with Gasteiger partial charge in [-0.15, -0.1) is 16.4 Å². The third kappa shape index (κ3) is 3.65. The highest BCUT2D eigenvalue weighted by Crippen LogP contribution is 2.38. The van der Waals surface area contributed by atoms with Crippen LogP contribution < -0.4 is 10.2 Å². The first-order valence-electron chi connectivity index (χ1n) is 9.07. The molecule has 1 atom stereocenters. The normalized spacial score (nSPS) is 16.2. The Kier molecular flexibility index (Phi) is 5.13. The minimum absolute atomic E-state index is 0.173. The number of thioether (sulfide) groups is 1. The Hall–Kier alpha value is -2.72. The van der Waals surface area contributed by atoms with Crippen LogP contribution in [0.5, 0.6) is 0 Å². The van der Waals surface area contributed by atoms with Gasteiger partial charge in [0.15, 0.2) is 0 Å². The van der Waals surface area contributed by atoms with E-state index < -0.39 is 10.8 Å². The Bertz CT molecular complexity index is 1050. The van der Waals surface area contributed by atoms with Crippen LogP contribution in [0.2, 0.25) is 0 Å². The molecule has 0 fully saturated rings. The van der Waals surface area contributed by atoms with Crippen LogP contribution >= 0.6 is 23.1 Å². The van der Waals surface area contributed by atoms with Crippen LogP contribution in [0, 0.1) is 0 Å². The monoisotopic (exact) mass is 428 g/mol. The van der Waals surface area contributed by atoms with Gasteiger partial charge in [0.25, 0.3) is 0 Å². The predicted molar refractivity (Wildman–Crippen MR) is 113 cm³/mol. The van der Waals surface area contributed by atoms with Gasteiger partial charge in [-0.3, -0.25) is 14.5 Å². The van der Waals surface area contributed by atoms with Gasteiger partial charge in [-0.2, -0.15) is 0 Å². The van der Waals surface area contributed by atoms with E-state index in [1.807, 2.05) is 42.6 Å². The summed E-state index contributed by atoms with van der Waals surface area (Å²) in [6.45, 7) is 5.85. The van der Waals surface area contributed by atoms with Crippen LogP contribution in [0.3, 0.4) is 0 Å². The van der Waals surface area contributed by atoms with E-state index in [1.54, 1.807) is 40.8 Å². The van der Waals surface area contributed by atoms with E-state index in [0.717, 1.165) is 4.88 Å². The van der Waals surface area contributed by atoms with Crippen LogP contribution in [-0.2, 0) is 16.1 Å². The topological polar surface area (TPSA) is 93.0 Å². The molecule has 3 heterocycles. The Balaban J connectivity index is 1.58. The van der Waals surface area contributed by atoms with Gasteiger partial charge in [0.05, 0.1) is 23.2 Å². The molecule has 150 valence electrons. The highest BCUT2D eigenvalue weighted by atomic mass is 32.2. The number of nitrogens with one attached hydrogen (secondary N) is 1. The summed E-state index contributed by atoms with van der Waals surface area (Å²) in [5.74, 6) is -0.391. The molecule has 0 spiro atoms. The lowest BCUT2D eigenvalue weighted by Gasteiger charge is -2.43. The number of hydrogen-bond donors (Lipinski definition) is 1. The summed E-state index contributed by atoms with van der Waals surface area (Å²) in [5.41, 5.74) is 0.306. The molecule has 1 aliphatic rings. The van der Waals surface area contributed by atoms with E-state index in [1.165, 1.54) is 11.8 Å². The van der Waals surface area contributed by atoms with Crippen molar-refractivity contribution in [3.63, 3.8) is 0 Å². The number of carbonyl (C=O) groups is 2. The molecule has 0 aliphatic carbocycles. The molecule has 1 N–H and O–H groups in total. The molecule has 0 unspecified atom stereocenters. The van der Waals surface area contributed by atoms with Crippen molar-refractivity contribution in [1.82, 2.24) is 20.2 Å². The predicted octanol–water partition coefficient (Wildman–Crippen LogP) is 3.03. The maximum atomic E-state index is 13.4. The Morgan fingerprint density at radius 1 is 1.28 bits per heavy atom. The number of thiophene rings is 1. The fraction of sp³-hybridized carbons (Fsp3) is 0.316. The molecule has 8 nitrogen and oxygen atoms in total. The van der Waals surface area contributed by atoms with Crippen LogP contribution in [0.15, 0.2) is 46.9 Å². The van der Waals surface area contributed by atoms with E-state index in [-0.39, 0.29) is 11.8 Å². The summed E-state index contributed by atoms with van der Waals surface area (Å²) in [5, 5.41) is 16.8. The van der Waals surface area contributed by atoms with Gasteiger partial charge >= 0.3 is 0 Å². The van der Waals surface area contributed by atoms with Crippen LogP contribution in [0.1, 0.15) is 25.6 Å². The zero-order valence-electron chi connectivity index (χ0n) is 16.2. The van der Waals surface area contributed by atoms with Gasteiger partial charge in [0.1, 0.15) is 5.54 Å². The number of rotatable bonds is 5. The Labute approximate surface area is 176 Å². The molecule has 0 saturated heterocycles. The Morgan fingerprint density at radius 3 is 2.83 bits per heavy atom. The zero-order valence-corrected chi connectivity index (χ0v) is 17.8. The second kappa shape index (κ2) is 7.60. The molecule has 0 saturated carbocycles. The molecule has 1 aromatic carbocycles. The average Bonchev–Trinajstić information content (AvgIpc) is 3.35. The average molecular weight is 429 g/mol. The van der Waals surface area contributed by atoms with Crippen LogP contribution in [0.25, 0.3) is 0 Å². The molecule has 2 aromatic heterocycles. The first-order chi connectivity index (χ1) is 13.9. The van der Waals surface area contributed by atoms with Crippen molar-refractivity contribution in [1.29, 1.82) is 0 Å². The minimum atomic E-state index is -1.01. The summed E-state index contributed by atoms with van der Waals surface area (Å²) in [4.78, 5) is 28.7. The molecule has 29 heavy (non-hydrogen) atoms. The lowest BCUT2D eigenvalue weighted by molar-refractivity contribution is -0.126. The summed E-state index contributed by atoms with van der Waals surface area (Å²) in [6, 6.07) is 11.3. The van der Waals surface area contributed by atoms with Crippen molar-refractivity contribution in [3.05, 3.63) is 46.7 Å². The van der Waals surface area contributed by atoms with Crippen LogP contribution in [0.4, 0.5) is 11.4 Å². The standard InChI is InChI=1S/C19H20N6O2S2/c1-12(29-18-21-22-23-24(18)11-13-7-6-10-28-13)16(26)25-15-9-5-4-8-14(15)20-17(27)19(25,2)3/h4-10,12H,11H2,1-3H3,(H,20,27)/t12-/m0/s1. The van der Waals surface area contributed by atoms with Crippen molar-refractivity contribution in [2.75, 3.05) is 10.2 Å². The number of carbonyl (C=O) groups excluding carboxylic acids is 2. The molecule has 2 amide bonds. The number of hydrogen-bond acceptors (Lipinski definition) is 7. The molecule has 0 radical (unpaired) electrons. The number of benzene rings is 1. The summed E-state index contributed by atoms with van der Waals surface area (Å²) in [6.07, 6.45) is 0. The van der Waals surface area contributed by atoms with Crippen LogP contribution in [-0.4, -0.2) is 42.8 Å². The summed E-state index contributed by atoms with van der Waals surface area (Å²) < 4.78 is 1.68. The number of anilines is 2. The summed E-state index contributed by atoms with van der Waals surface area (Å²) in [7, 11) is 0. The van der Waals surface area contributed by atoms with Crippen molar-refractivity contribution in [2.45, 2.75) is 43.3 Å². The Morgan fingerprint density at radius 2 is 2.07 bits per heavy atom. The molecule has 0 bridgehead atoms. The number of tetrazole rings is 1. The van der Waals surface area contributed by atoms with Crippen molar-refractivity contribution < 1.29 is 9.59 Å². The van der Waals surface area contributed by atoms with Crippen molar-refractivity contribution in [2.24, 2.45) is 0 Å². The largest absolute Gasteiger partial charge is 0.322 e. The first kappa shape index (κ1) is 19.6. The van der Waals surface area contributed by atoms with E-state index >= 15 is 0 Å². The lowest BCUT2D eigenvalue weighted by Crippen LogP contribution is -2.60. The molecule has 4 rings (SSSR count). The van der Waals surface area contributed by atoms with Gasteiger partial charge in [-0.1, -0.05) is 30.0 Å². The van der Waals surface area contributed by atoms with E-state index in [2.05, 4.69) is 20.8 Å². The summed E-state index contributed by atoms with van der Waals surface area (Å²) >= 11 is 2.91. The van der Waals surface area contributed by atoms with E-state index in [9.17, 15) is 9.59 Å². The number of nitrogens with zero attached hydrogens (tertiary/aromatic N) is 5. The van der Waals surface area contributed by atoms with Gasteiger partial charge in [0.2, 0.25) is 17.0 Å². The quantitative estimate of drug-likeness (QED) is 0.628. The minimum Gasteiger partial charge on any atom is -0.322 e. The van der Waals surface area contributed by atoms with E-state index in [0.29, 0.717) is 23.1 Å². The van der Waals surface area contributed by atoms with Crippen molar-refractivity contribution in [3.8, 4) is 0 Å². The molecular formula is C19H20N6O2S2. The molecule has 10 heteroatoms. The molecule has 1 aliphatic heterocycles. The molecular weight excluding hydrogens is 408 g/mol. The highest BCUT2D eigenvalue weighted by molar-refractivity contribution is 8.00. The van der Waals surface area contributed by atoms with Crippen molar-refractivity contribution >= 4 is 46.3 Å². The third-order valence-electron chi connectivity index (χ3n) is 4.74. The smallest absolute Gasteiger partial charge is 0.250 e. The molecule has 3 aromatic rings. The number of para-hydroxylation sites is 2. The fourth-order valence-corrected chi connectivity index (χ4v) is 4.68. The van der Waals surface area contributed by atoms with Gasteiger partial charge < -0.3 is 5.32 Å². The van der Waals surface area contributed by atoms with Gasteiger partial charge in [-0.05, 0) is 54.8 Å². The fourth-order valence-electron chi connectivity index (χ4n) is 3.17. The maximum Gasteiger partial charge on any atom is 0.250 e. The first-order valence-corrected chi connectivity index (χ1v) is 10.8. The van der Waals surface area contributed by atoms with E-state index in [4.69, 9.17) is 0 Å². The third-order valence-corrected chi connectivity index (χ3v) is 6.66. The zero-order chi connectivity index (χ0) is 20.6. The number of aromatic nitrogens is 4. The van der Waals surface area contributed by atoms with Gasteiger partial charge in [0, 0.05) is 4.88 Å². The highest BCUT2D eigenvalue weighted by Gasteiger charge is 2.45. The SMILES string of the molecule is C[C@H](Sc1nnnn1Cc1cccs1)C(=O)N1c2ccccc2NC(=O)C1(C)C. The maximum absolute atomic E-state index is 13.4.